The molecule has 0 aromatic heterocycles. The molecule has 9 nitrogen and oxygen atoms in total. The van der Waals surface area contributed by atoms with E-state index >= 15 is 0 Å². The van der Waals surface area contributed by atoms with Gasteiger partial charge in [0.2, 0.25) is 10.0 Å². The minimum absolute atomic E-state index is 0.112. The van der Waals surface area contributed by atoms with Gasteiger partial charge in [0, 0.05) is 5.56 Å². The van der Waals surface area contributed by atoms with E-state index in [0.717, 1.165) is 38.4 Å². The zero-order valence-electron chi connectivity index (χ0n) is 17.9. The number of hydrogen-bond acceptors (Lipinski definition) is 5. The molecule has 0 saturated carbocycles. The zero-order chi connectivity index (χ0) is 22.5. The summed E-state index contributed by atoms with van der Waals surface area (Å²) in [6.07, 6.45) is 6.59. The van der Waals surface area contributed by atoms with Crippen molar-refractivity contribution in [2.75, 3.05) is 11.0 Å². The molecule has 0 radical (unpaired) electrons. The summed E-state index contributed by atoms with van der Waals surface area (Å²) in [5.74, 6) is -1.21. The third-order valence-electron chi connectivity index (χ3n) is 5.05. The first-order chi connectivity index (χ1) is 14.0. The van der Waals surface area contributed by atoms with Crippen molar-refractivity contribution in [1.82, 2.24) is 15.8 Å². The van der Waals surface area contributed by atoms with Crippen molar-refractivity contribution in [2.24, 2.45) is 0 Å². The predicted octanol–water partition coefficient (Wildman–Crippen LogP) is 2.68. The number of carbonyl (C=O) groups excluding carboxylic acids is 3. The number of hydrogen-bond donors (Lipinski definition) is 3. The fourth-order valence-corrected chi connectivity index (χ4v) is 3.90. The van der Waals surface area contributed by atoms with Gasteiger partial charge in [-0.3, -0.25) is 19.7 Å². The van der Waals surface area contributed by atoms with Crippen molar-refractivity contribution < 1.29 is 22.8 Å². The largest absolute Gasteiger partial charge is 0.344 e. The summed E-state index contributed by atoms with van der Waals surface area (Å²) < 4.78 is 25.3. The number of imide groups is 1. The molecule has 0 unspecified atom stereocenters. The number of amides is 4. The molecule has 166 valence electrons. The normalized spacial score (nSPS) is 19.0. The fourth-order valence-electron chi connectivity index (χ4n) is 3.28. The number of aryl methyl sites for hydroxylation is 1. The Morgan fingerprint density at radius 2 is 1.83 bits per heavy atom. The number of rotatable bonds is 10. The standard InChI is InChI=1S/C20H30N4O5S/c1-5-6-7-8-9-12-20(3)18(26)24(19(27)21-20)22-17(25)15-11-10-14(2)16(13-15)23-30(4,28)29/h10-11,13,23H,5-9,12H2,1-4H3,(H,21,27)(H,22,25)/t20-/m1/s1. The van der Waals surface area contributed by atoms with Gasteiger partial charge in [0.25, 0.3) is 11.8 Å². The van der Waals surface area contributed by atoms with E-state index in [9.17, 15) is 22.8 Å². The van der Waals surface area contributed by atoms with Crippen molar-refractivity contribution in [3.63, 3.8) is 0 Å². The van der Waals surface area contributed by atoms with Crippen LogP contribution in [0.5, 0.6) is 0 Å². The van der Waals surface area contributed by atoms with Crippen molar-refractivity contribution in [2.45, 2.75) is 64.8 Å². The van der Waals surface area contributed by atoms with Gasteiger partial charge in [0.15, 0.2) is 0 Å². The van der Waals surface area contributed by atoms with E-state index in [4.69, 9.17) is 0 Å². The van der Waals surface area contributed by atoms with Crippen LogP contribution in [0, 0.1) is 6.92 Å². The summed E-state index contributed by atoms with van der Waals surface area (Å²) in [6.45, 7) is 5.47. The Balaban J connectivity index is 2.07. The fraction of sp³-hybridized carbons (Fsp3) is 0.550. The maximum atomic E-state index is 12.8. The molecule has 0 bridgehead atoms. The number of anilines is 1. The SMILES string of the molecule is CCCCCCC[C@@]1(C)NC(=O)N(NC(=O)c2ccc(C)c(NS(C)(=O)=O)c2)C1=O. The van der Waals surface area contributed by atoms with Crippen LogP contribution in [-0.2, 0) is 14.8 Å². The summed E-state index contributed by atoms with van der Waals surface area (Å²) in [4.78, 5) is 37.7. The van der Waals surface area contributed by atoms with Crippen LogP contribution in [0.25, 0.3) is 0 Å². The molecule has 1 fully saturated rings. The molecule has 4 amide bonds. The maximum absolute atomic E-state index is 12.8. The smallest absolute Gasteiger partial charge is 0.322 e. The van der Waals surface area contributed by atoms with Gasteiger partial charge in [0.1, 0.15) is 5.54 Å². The van der Waals surface area contributed by atoms with Gasteiger partial charge in [-0.05, 0) is 38.0 Å². The molecule has 3 N–H and O–H groups in total. The highest BCUT2D eigenvalue weighted by molar-refractivity contribution is 7.92. The van der Waals surface area contributed by atoms with E-state index in [1.807, 2.05) is 0 Å². The van der Waals surface area contributed by atoms with E-state index in [-0.39, 0.29) is 11.3 Å². The lowest BCUT2D eigenvalue weighted by Gasteiger charge is -2.21. The molecule has 1 heterocycles. The minimum atomic E-state index is -3.52. The molecule has 1 aromatic carbocycles. The maximum Gasteiger partial charge on any atom is 0.344 e. The number of carbonyl (C=O) groups is 3. The topological polar surface area (TPSA) is 125 Å². The third-order valence-corrected chi connectivity index (χ3v) is 5.64. The van der Waals surface area contributed by atoms with E-state index in [2.05, 4.69) is 22.4 Å². The Kier molecular flexibility index (Phi) is 7.46. The highest BCUT2D eigenvalue weighted by Gasteiger charge is 2.48. The van der Waals surface area contributed by atoms with Crippen molar-refractivity contribution in [3.8, 4) is 0 Å². The van der Waals surface area contributed by atoms with Crippen LogP contribution in [-0.4, -0.2) is 43.1 Å². The number of hydrazine groups is 1. The molecule has 1 saturated heterocycles. The summed E-state index contributed by atoms with van der Waals surface area (Å²) in [6, 6.07) is 3.74. The van der Waals surface area contributed by atoms with E-state index in [1.165, 1.54) is 12.1 Å². The van der Waals surface area contributed by atoms with E-state index in [0.29, 0.717) is 17.0 Å². The lowest BCUT2D eigenvalue weighted by atomic mass is 9.94. The Hall–Kier alpha value is -2.62. The first kappa shape index (κ1) is 23.7. The average molecular weight is 439 g/mol. The van der Waals surface area contributed by atoms with Crippen LogP contribution < -0.4 is 15.5 Å². The van der Waals surface area contributed by atoms with Gasteiger partial charge < -0.3 is 5.32 Å². The Labute approximate surface area is 177 Å². The lowest BCUT2D eigenvalue weighted by Crippen LogP contribution is -2.48. The number of nitrogens with one attached hydrogen (secondary N) is 3. The van der Waals surface area contributed by atoms with Crippen molar-refractivity contribution >= 4 is 33.6 Å². The second-order valence-corrected chi connectivity index (χ2v) is 9.66. The van der Waals surface area contributed by atoms with Crippen LogP contribution in [0.15, 0.2) is 18.2 Å². The molecular formula is C20H30N4O5S. The quantitative estimate of drug-likeness (QED) is 0.383. The highest BCUT2D eigenvalue weighted by atomic mass is 32.2. The number of sulfonamides is 1. The van der Waals surface area contributed by atoms with Gasteiger partial charge in [-0.1, -0.05) is 45.1 Å². The molecular weight excluding hydrogens is 408 g/mol. The summed E-state index contributed by atoms with van der Waals surface area (Å²) in [5.41, 5.74) is 2.25. The molecule has 1 aliphatic heterocycles. The Morgan fingerprint density at radius 1 is 1.17 bits per heavy atom. The second kappa shape index (κ2) is 9.46. The first-order valence-corrected chi connectivity index (χ1v) is 11.9. The molecule has 1 aliphatic rings. The Morgan fingerprint density at radius 3 is 2.47 bits per heavy atom. The Bertz CT molecular complexity index is 931. The van der Waals surface area contributed by atoms with Gasteiger partial charge in [-0.15, -0.1) is 0 Å². The summed E-state index contributed by atoms with van der Waals surface area (Å²) in [7, 11) is -3.52. The molecule has 1 atom stereocenters. The van der Waals surface area contributed by atoms with Gasteiger partial charge in [0.05, 0.1) is 11.9 Å². The molecule has 30 heavy (non-hydrogen) atoms. The average Bonchev–Trinajstić information content (AvgIpc) is 2.85. The van der Waals surface area contributed by atoms with E-state index < -0.39 is 33.4 Å². The zero-order valence-corrected chi connectivity index (χ0v) is 18.7. The predicted molar refractivity (Wildman–Crippen MR) is 114 cm³/mol. The van der Waals surface area contributed by atoms with Crippen LogP contribution in [0.1, 0.15) is 68.3 Å². The molecule has 0 aliphatic carbocycles. The monoisotopic (exact) mass is 438 g/mol. The number of urea groups is 1. The summed E-state index contributed by atoms with van der Waals surface area (Å²) >= 11 is 0. The lowest BCUT2D eigenvalue weighted by molar-refractivity contribution is -0.132. The highest BCUT2D eigenvalue weighted by Crippen LogP contribution is 2.24. The molecule has 1 aromatic rings. The van der Waals surface area contributed by atoms with Crippen LogP contribution >= 0.6 is 0 Å². The number of nitrogens with zero attached hydrogens (tertiary/aromatic N) is 1. The van der Waals surface area contributed by atoms with Crippen molar-refractivity contribution in [1.29, 1.82) is 0 Å². The van der Waals surface area contributed by atoms with Crippen LogP contribution in [0.3, 0.4) is 0 Å². The number of unbranched alkanes of at least 4 members (excludes halogenated alkanes) is 4. The van der Waals surface area contributed by atoms with Crippen LogP contribution in [0.2, 0.25) is 0 Å². The van der Waals surface area contributed by atoms with E-state index in [1.54, 1.807) is 19.9 Å². The third kappa shape index (κ3) is 5.94. The van der Waals surface area contributed by atoms with Gasteiger partial charge in [-0.2, -0.15) is 5.01 Å². The minimum Gasteiger partial charge on any atom is -0.322 e. The van der Waals surface area contributed by atoms with Crippen LogP contribution in [0.4, 0.5) is 10.5 Å². The van der Waals surface area contributed by atoms with Crippen molar-refractivity contribution in [3.05, 3.63) is 29.3 Å². The first-order valence-electron chi connectivity index (χ1n) is 10.0. The molecule has 2 rings (SSSR count). The molecule has 10 heteroatoms. The van der Waals surface area contributed by atoms with Gasteiger partial charge >= 0.3 is 6.03 Å². The van der Waals surface area contributed by atoms with Gasteiger partial charge in [-0.25, -0.2) is 13.2 Å². The second-order valence-electron chi connectivity index (χ2n) is 7.91. The number of benzene rings is 1. The summed E-state index contributed by atoms with van der Waals surface area (Å²) in [5, 5.41) is 3.35. The molecule has 0 spiro atoms.